The van der Waals surface area contributed by atoms with Gasteiger partial charge in [-0.3, -0.25) is 4.79 Å². The molecule has 1 N–H and O–H groups in total. The molecule has 1 aliphatic heterocycles. The number of carboxylic acids is 1. The highest BCUT2D eigenvalue weighted by molar-refractivity contribution is 7.15. The summed E-state index contributed by atoms with van der Waals surface area (Å²) in [5.74, 6) is -0.255. The number of aromatic nitrogens is 1. The fourth-order valence-corrected chi connectivity index (χ4v) is 5.71. The average molecular weight is 591 g/mol. The number of ether oxygens (including phenoxy) is 2. The predicted molar refractivity (Wildman–Crippen MR) is 149 cm³/mol. The van der Waals surface area contributed by atoms with Crippen LogP contribution >= 0.6 is 11.3 Å². The van der Waals surface area contributed by atoms with Crippen LogP contribution < -0.4 is 4.74 Å². The molecule has 0 saturated heterocycles. The molecule has 2 heterocycles. The van der Waals surface area contributed by atoms with Gasteiger partial charge in [0.1, 0.15) is 23.0 Å². The van der Waals surface area contributed by atoms with Crippen LogP contribution in [0.3, 0.4) is 0 Å². The number of thiazole rings is 1. The smallest absolute Gasteiger partial charge is 0.416 e. The van der Waals surface area contributed by atoms with Crippen LogP contribution in [0.1, 0.15) is 66.9 Å². The lowest BCUT2D eigenvalue weighted by atomic mass is 9.92. The number of aliphatic carboxylic acids is 1. The average Bonchev–Trinajstić information content (AvgIpc) is 3.32. The molecular weight excluding hydrogens is 557 g/mol. The molecule has 41 heavy (non-hydrogen) atoms. The largest absolute Gasteiger partial charge is 0.488 e. The molecule has 3 aromatic rings. The maximum absolute atomic E-state index is 13.0. The number of benzene rings is 2. The van der Waals surface area contributed by atoms with Crippen LogP contribution in [0.5, 0.6) is 5.75 Å². The molecule has 0 bridgehead atoms. The number of aryl methyl sites for hydroxylation is 2. The zero-order valence-electron chi connectivity index (χ0n) is 23.4. The minimum absolute atomic E-state index is 0.0352. The van der Waals surface area contributed by atoms with Crippen molar-refractivity contribution in [3.8, 4) is 16.3 Å². The Bertz CT molecular complexity index is 1410. The van der Waals surface area contributed by atoms with E-state index in [1.807, 2.05) is 19.1 Å². The third kappa shape index (κ3) is 7.58. The molecule has 7 nitrogen and oxygen atoms in total. The first-order valence-corrected chi connectivity index (χ1v) is 14.2. The Morgan fingerprint density at radius 2 is 1.78 bits per heavy atom. The number of rotatable bonds is 8. The second kappa shape index (κ2) is 12.1. The highest BCUT2D eigenvalue weighted by atomic mass is 32.1. The Balaban J connectivity index is 1.57. The number of carbonyl (C=O) groups excluding carboxylic acids is 1. The number of amides is 1. The molecule has 1 aliphatic rings. The highest BCUT2D eigenvalue weighted by Crippen LogP contribution is 2.36. The second-order valence-corrected chi connectivity index (χ2v) is 11.9. The van der Waals surface area contributed by atoms with Gasteiger partial charge in [0.2, 0.25) is 0 Å². The SMILES string of the molecule is CCc1nc(-c2ccc(C(F)(F)F)cc2)sc1COc1ccc(CCC(=O)O)c2c1CCN(C(=O)OC(C)(C)C)C2. The van der Waals surface area contributed by atoms with Gasteiger partial charge >= 0.3 is 18.2 Å². The van der Waals surface area contributed by atoms with Crippen molar-refractivity contribution in [2.24, 2.45) is 0 Å². The van der Waals surface area contributed by atoms with Crippen LogP contribution in [0.4, 0.5) is 18.0 Å². The van der Waals surface area contributed by atoms with Gasteiger partial charge in [-0.25, -0.2) is 9.78 Å². The van der Waals surface area contributed by atoms with Crippen LogP contribution in [0.25, 0.3) is 10.6 Å². The van der Waals surface area contributed by atoms with Crippen molar-refractivity contribution in [3.63, 3.8) is 0 Å². The first-order valence-electron chi connectivity index (χ1n) is 13.4. The summed E-state index contributed by atoms with van der Waals surface area (Å²) >= 11 is 1.38. The summed E-state index contributed by atoms with van der Waals surface area (Å²) in [5, 5.41) is 9.85. The van der Waals surface area contributed by atoms with E-state index in [0.29, 0.717) is 42.1 Å². The normalized spacial score (nSPS) is 13.6. The van der Waals surface area contributed by atoms with Crippen molar-refractivity contribution in [1.29, 1.82) is 0 Å². The van der Waals surface area contributed by atoms with Crippen molar-refractivity contribution in [3.05, 3.63) is 69.2 Å². The summed E-state index contributed by atoms with van der Waals surface area (Å²) in [6, 6.07) is 8.64. The fraction of sp³-hybridized carbons (Fsp3) is 0.433. The Kier molecular flexibility index (Phi) is 8.96. The van der Waals surface area contributed by atoms with Crippen molar-refractivity contribution in [2.75, 3.05) is 6.54 Å². The van der Waals surface area contributed by atoms with E-state index in [1.165, 1.54) is 23.5 Å². The van der Waals surface area contributed by atoms with Gasteiger partial charge in [0.15, 0.2) is 0 Å². The molecule has 0 atom stereocenters. The van der Waals surface area contributed by atoms with Crippen molar-refractivity contribution in [1.82, 2.24) is 9.88 Å². The zero-order valence-corrected chi connectivity index (χ0v) is 24.2. The lowest BCUT2D eigenvalue weighted by Crippen LogP contribution is -2.40. The summed E-state index contributed by atoms with van der Waals surface area (Å²) in [6.07, 6.45) is -3.39. The van der Waals surface area contributed by atoms with Crippen molar-refractivity contribution in [2.45, 2.75) is 78.3 Å². The molecule has 4 rings (SSSR count). The van der Waals surface area contributed by atoms with E-state index in [4.69, 9.17) is 9.47 Å². The number of halogens is 3. The van der Waals surface area contributed by atoms with E-state index in [-0.39, 0.29) is 19.6 Å². The fourth-order valence-electron chi connectivity index (χ4n) is 4.64. The standard InChI is InChI=1S/C30H33F3N2O5S/c1-5-23-25(41-27(34-23)19-6-10-20(11-7-19)30(31,32)33)17-39-24-12-8-18(9-13-26(36)37)22-16-35(15-14-21(22)24)28(38)40-29(2,3)4/h6-8,10-12H,5,9,13-17H2,1-4H3,(H,36,37). The molecule has 1 aromatic heterocycles. The molecule has 0 fully saturated rings. The van der Waals surface area contributed by atoms with Gasteiger partial charge in [-0.15, -0.1) is 11.3 Å². The monoisotopic (exact) mass is 590 g/mol. The Morgan fingerprint density at radius 3 is 2.39 bits per heavy atom. The van der Waals surface area contributed by atoms with Gasteiger partial charge in [-0.1, -0.05) is 25.1 Å². The number of hydrogen-bond donors (Lipinski definition) is 1. The summed E-state index contributed by atoms with van der Waals surface area (Å²) in [7, 11) is 0. The van der Waals surface area contributed by atoms with E-state index in [2.05, 4.69) is 4.98 Å². The van der Waals surface area contributed by atoms with Gasteiger partial charge in [0.25, 0.3) is 0 Å². The van der Waals surface area contributed by atoms with Gasteiger partial charge in [0, 0.05) is 30.6 Å². The maximum Gasteiger partial charge on any atom is 0.416 e. The zero-order chi connectivity index (χ0) is 29.9. The van der Waals surface area contributed by atoms with Gasteiger partial charge < -0.3 is 19.5 Å². The quantitative estimate of drug-likeness (QED) is 0.297. The first-order chi connectivity index (χ1) is 19.2. The van der Waals surface area contributed by atoms with Gasteiger partial charge in [0.05, 0.1) is 16.1 Å². The summed E-state index contributed by atoms with van der Waals surface area (Å²) in [4.78, 5) is 31.2. The first kappa shape index (κ1) is 30.4. The van der Waals surface area contributed by atoms with Crippen LogP contribution in [-0.2, 0) is 48.1 Å². The molecule has 0 radical (unpaired) electrons. The lowest BCUT2D eigenvalue weighted by molar-refractivity contribution is -0.138. The molecule has 0 spiro atoms. The summed E-state index contributed by atoms with van der Waals surface area (Å²) < 4.78 is 50.8. The number of alkyl halides is 3. The number of nitrogens with zero attached hydrogens (tertiary/aromatic N) is 2. The Morgan fingerprint density at radius 1 is 1.07 bits per heavy atom. The van der Waals surface area contributed by atoms with E-state index in [1.54, 1.807) is 25.7 Å². The molecule has 0 unspecified atom stereocenters. The molecule has 0 saturated carbocycles. The maximum atomic E-state index is 13.0. The molecule has 0 aliphatic carbocycles. The van der Waals surface area contributed by atoms with E-state index in [9.17, 15) is 27.9 Å². The van der Waals surface area contributed by atoms with E-state index >= 15 is 0 Å². The Labute approximate surface area is 240 Å². The van der Waals surface area contributed by atoms with Crippen LogP contribution in [-0.4, -0.2) is 39.2 Å². The molecule has 220 valence electrons. The van der Waals surface area contributed by atoms with Gasteiger partial charge in [-0.2, -0.15) is 13.2 Å². The molecule has 2 aromatic carbocycles. The Hall–Kier alpha value is -3.60. The van der Waals surface area contributed by atoms with Crippen LogP contribution in [0.2, 0.25) is 0 Å². The minimum Gasteiger partial charge on any atom is -0.488 e. The molecular formula is C30H33F3N2O5S. The van der Waals surface area contributed by atoms with Crippen LogP contribution in [0.15, 0.2) is 36.4 Å². The number of fused-ring (bicyclic) bond motifs is 1. The number of hydrogen-bond acceptors (Lipinski definition) is 6. The number of carboxylic acid groups (broad SMARTS) is 1. The minimum atomic E-state index is -4.40. The molecule has 11 heteroatoms. The topological polar surface area (TPSA) is 89.0 Å². The van der Waals surface area contributed by atoms with Gasteiger partial charge in [-0.05, 0) is 69.4 Å². The summed E-state index contributed by atoms with van der Waals surface area (Å²) in [5.41, 5.74) is 2.71. The van der Waals surface area contributed by atoms with Crippen LogP contribution in [0, 0.1) is 0 Å². The number of carbonyl (C=O) groups is 2. The van der Waals surface area contributed by atoms with E-state index in [0.717, 1.165) is 39.4 Å². The third-order valence-electron chi connectivity index (χ3n) is 6.66. The third-order valence-corrected chi connectivity index (χ3v) is 7.78. The van der Waals surface area contributed by atoms with Crippen molar-refractivity contribution < 1.29 is 37.3 Å². The predicted octanol–water partition coefficient (Wildman–Crippen LogP) is 7.28. The highest BCUT2D eigenvalue weighted by Gasteiger charge is 2.31. The van der Waals surface area contributed by atoms with E-state index < -0.39 is 29.4 Å². The van der Waals surface area contributed by atoms with Crippen molar-refractivity contribution >= 4 is 23.4 Å². The summed E-state index contributed by atoms with van der Waals surface area (Å²) in [6.45, 7) is 8.31. The second-order valence-electron chi connectivity index (χ2n) is 10.8. The molecule has 1 amide bonds. The lowest BCUT2D eigenvalue weighted by Gasteiger charge is -2.33.